The summed E-state index contributed by atoms with van der Waals surface area (Å²) >= 11 is 6.66. The quantitative estimate of drug-likeness (QED) is 0.368. The number of carbonyl (C=O) groups excluding carboxylic acids is 1. The summed E-state index contributed by atoms with van der Waals surface area (Å²) in [6.45, 7) is 7.06. The third-order valence-electron chi connectivity index (χ3n) is 8.73. The summed E-state index contributed by atoms with van der Waals surface area (Å²) in [5, 5.41) is 12.3. The van der Waals surface area contributed by atoms with Crippen LogP contribution in [-0.4, -0.2) is 77.6 Å². The first kappa shape index (κ1) is 28.4. The highest BCUT2D eigenvalue weighted by molar-refractivity contribution is 6.35. The number of hydrogen-bond donors (Lipinski definition) is 0. The van der Waals surface area contributed by atoms with Gasteiger partial charge in [-0.05, 0) is 49.5 Å². The number of anilines is 1. The Bertz CT molecular complexity index is 1540. The van der Waals surface area contributed by atoms with Gasteiger partial charge in [0.1, 0.15) is 12.4 Å². The minimum absolute atomic E-state index is 0.163. The van der Waals surface area contributed by atoms with Crippen LogP contribution in [0.5, 0.6) is 6.01 Å². The summed E-state index contributed by atoms with van der Waals surface area (Å²) in [5.41, 5.74) is 2.84. The van der Waals surface area contributed by atoms with Crippen molar-refractivity contribution in [2.45, 2.75) is 50.5 Å². The van der Waals surface area contributed by atoms with Gasteiger partial charge >= 0.3 is 6.01 Å². The summed E-state index contributed by atoms with van der Waals surface area (Å²) in [4.78, 5) is 28.5. The van der Waals surface area contributed by atoms with E-state index in [1.807, 2.05) is 18.2 Å². The number of rotatable bonds is 7. The number of halogens is 1. The molecule has 3 aromatic rings. The highest BCUT2D eigenvalue weighted by Gasteiger charge is 2.34. The van der Waals surface area contributed by atoms with Crippen molar-refractivity contribution >= 4 is 34.1 Å². The highest BCUT2D eigenvalue weighted by Crippen LogP contribution is 2.39. The van der Waals surface area contributed by atoms with Gasteiger partial charge in [-0.15, -0.1) is 0 Å². The van der Waals surface area contributed by atoms with E-state index in [1.54, 1.807) is 4.90 Å². The molecular weight excluding hydrogens is 552 g/mol. The van der Waals surface area contributed by atoms with E-state index in [4.69, 9.17) is 31.0 Å². The molecule has 3 aliphatic rings. The van der Waals surface area contributed by atoms with Crippen molar-refractivity contribution in [3.8, 4) is 12.1 Å². The molecule has 1 aromatic heterocycles. The zero-order valence-electron chi connectivity index (χ0n) is 23.8. The molecule has 0 spiro atoms. The Morgan fingerprint density at radius 1 is 1.21 bits per heavy atom. The number of amides is 1. The molecule has 0 N–H and O–H groups in total. The number of nitriles is 1. The molecular formula is C32H35ClN6O3. The Morgan fingerprint density at radius 2 is 2.05 bits per heavy atom. The summed E-state index contributed by atoms with van der Waals surface area (Å²) in [6.07, 6.45) is 4.09. The number of carbonyl (C=O) groups is 1. The average Bonchev–Trinajstić information content (AvgIpc) is 3.43. The fourth-order valence-corrected chi connectivity index (χ4v) is 6.73. The lowest BCUT2D eigenvalue weighted by atomic mass is 9.94. The van der Waals surface area contributed by atoms with Gasteiger partial charge in [-0.3, -0.25) is 4.79 Å². The average molecular weight is 587 g/mol. The maximum atomic E-state index is 12.5. The van der Waals surface area contributed by atoms with Gasteiger partial charge < -0.3 is 24.2 Å². The van der Waals surface area contributed by atoms with E-state index in [9.17, 15) is 10.1 Å². The molecule has 218 valence electrons. The van der Waals surface area contributed by atoms with Crippen molar-refractivity contribution in [3.05, 3.63) is 70.9 Å². The van der Waals surface area contributed by atoms with Crippen LogP contribution in [-0.2, 0) is 22.6 Å². The molecule has 10 heteroatoms. The van der Waals surface area contributed by atoms with Crippen LogP contribution in [0, 0.1) is 11.3 Å². The van der Waals surface area contributed by atoms with Gasteiger partial charge in [-0.2, -0.15) is 15.2 Å². The number of ether oxygens (including phenoxy) is 2. The SMILES string of the molecule is C=CC(=O)N1CCN(c2nc(OCC3CCCN3C)nc3c2COC(c2cccc4cccc(Cl)c24)C3)CC1CC#N. The number of nitrogens with zero attached hydrogens (tertiary/aromatic N) is 6. The molecule has 3 unspecified atom stereocenters. The Kier molecular flexibility index (Phi) is 8.29. The topological polar surface area (TPSA) is 94.8 Å². The molecule has 0 bridgehead atoms. The van der Waals surface area contributed by atoms with Gasteiger partial charge in [0.15, 0.2) is 0 Å². The molecule has 0 radical (unpaired) electrons. The van der Waals surface area contributed by atoms with Crippen LogP contribution < -0.4 is 9.64 Å². The maximum Gasteiger partial charge on any atom is 0.318 e. The van der Waals surface area contributed by atoms with Crippen LogP contribution in [0.15, 0.2) is 49.1 Å². The Balaban J connectivity index is 1.34. The van der Waals surface area contributed by atoms with Crippen molar-refractivity contribution in [3.63, 3.8) is 0 Å². The first-order valence-electron chi connectivity index (χ1n) is 14.5. The monoisotopic (exact) mass is 586 g/mol. The minimum atomic E-state index is -0.272. The maximum absolute atomic E-state index is 12.5. The molecule has 0 saturated carbocycles. The van der Waals surface area contributed by atoms with Crippen LogP contribution in [0.25, 0.3) is 10.8 Å². The first-order chi connectivity index (χ1) is 20.5. The predicted octanol–water partition coefficient (Wildman–Crippen LogP) is 4.69. The Hall–Kier alpha value is -3.71. The molecule has 42 heavy (non-hydrogen) atoms. The first-order valence-corrected chi connectivity index (χ1v) is 14.9. The number of hydrogen-bond acceptors (Lipinski definition) is 8. The molecule has 1 amide bonds. The van der Waals surface area contributed by atoms with Crippen molar-refractivity contribution in [2.75, 3.05) is 44.7 Å². The minimum Gasteiger partial charge on any atom is -0.462 e. The molecule has 6 rings (SSSR count). The number of aromatic nitrogens is 2. The van der Waals surface area contributed by atoms with E-state index in [1.165, 1.54) is 6.08 Å². The standard InChI is InChI=1S/C32H35ClN6O3/c1-3-29(40)39-16-15-38(18-22(39)12-13-34)31-25-20-41-28(24-10-4-7-21-8-5-11-26(33)30(21)24)17-27(25)35-32(36-31)42-19-23-9-6-14-37(23)2/h3-5,7-8,10-11,22-23,28H,1,6,9,12,14-20H2,2H3. The lowest BCUT2D eigenvalue weighted by molar-refractivity contribution is -0.128. The zero-order chi connectivity index (χ0) is 29.2. The summed E-state index contributed by atoms with van der Waals surface area (Å²) in [7, 11) is 2.12. The second-order valence-corrected chi connectivity index (χ2v) is 11.6. The van der Waals surface area contributed by atoms with E-state index >= 15 is 0 Å². The second-order valence-electron chi connectivity index (χ2n) is 11.2. The molecule has 0 aliphatic carbocycles. The van der Waals surface area contributed by atoms with Crippen LogP contribution in [0.1, 0.15) is 42.2 Å². The van der Waals surface area contributed by atoms with Crippen molar-refractivity contribution in [1.29, 1.82) is 5.26 Å². The van der Waals surface area contributed by atoms with E-state index in [0.29, 0.717) is 56.3 Å². The van der Waals surface area contributed by atoms with Crippen LogP contribution in [0.2, 0.25) is 5.02 Å². The molecule has 2 saturated heterocycles. The summed E-state index contributed by atoms with van der Waals surface area (Å²) in [6, 6.07) is 14.7. The third-order valence-corrected chi connectivity index (χ3v) is 9.05. The number of fused-ring (bicyclic) bond motifs is 2. The van der Waals surface area contributed by atoms with Crippen molar-refractivity contribution < 1.29 is 14.3 Å². The summed E-state index contributed by atoms with van der Waals surface area (Å²) in [5.74, 6) is 0.585. The van der Waals surface area contributed by atoms with E-state index in [2.05, 4.69) is 47.7 Å². The number of piperazine rings is 1. The van der Waals surface area contributed by atoms with Crippen LogP contribution in [0.4, 0.5) is 5.82 Å². The fourth-order valence-electron chi connectivity index (χ4n) is 6.44. The third kappa shape index (κ3) is 5.54. The van der Waals surface area contributed by atoms with Gasteiger partial charge in [0.05, 0.1) is 36.9 Å². The summed E-state index contributed by atoms with van der Waals surface area (Å²) < 4.78 is 12.7. The lowest BCUT2D eigenvalue weighted by Crippen LogP contribution is -2.55. The molecule has 4 heterocycles. The number of benzene rings is 2. The van der Waals surface area contributed by atoms with E-state index in [-0.39, 0.29) is 24.5 Å². The van der Waals surface area contributed by atoms with Gasteiger partial charge in [-0.25, -0.2) is 0 Å². The highest BCUT2D eigenvalue weighted by atomic mass is 35.5. The largest absolute Gasteiger partial charge is 0.462 e. The number of likely N-dealkylation sites (N-methyl/N-ethyl adjacent to an activating group) is 1. The molecule has 2 fully saturated rings. The van der Waals surface area contributed by atoms with Gasteiger partial charge in [-0.1, -0.05) is 48.5 Å². The smallest absolute Gasteiger partial charge is 0.318 e. The Morgan fingerprint density at radius 3 is 2.81 bits per heavy atom. The molecule has 9 nitrogen and oxygen atoms in total. The predicted molar refractivity (Wildman–Crippen MR) is 162 cm³/mol. The van der Waals surface area contributed by atoms with Crippen LogP contribution >= 0.6 is 11.6 Å². The Labute approximate surface area is 251 Å². The van der Waals surface area contributed by atoms with Gasteiger partial charge in [0.2, 0.25) is 5.91 Å². The zero-order valence-corrected chi connectivity index (χ0v) is 24.6. The number of likely N-dealkylation sites (tertiary alicyclic amines) is 1. The van der Waals surface area contributed by atoms with Crippen LogP contribution in [0.3, 0.4) is 0 Å². The van der Waals surface area contributed by atoms with Gasteiger partial charge in [0, 0.05) is 48.1 Å². The normalized spacial score (nSPS) is 22.5. The van der Waals surface area contributed by atoms with E-state index in [0.717, 1.165) is 52.8 Å². The van der Waals surface area contributed by atoms with Crippen molar-refractivity contribution in [2.24, 2.45) is 0 Å². The fraction of sp³-hybridized carbons (Fsp3) is 0.438. The molecule has 2 aromatic carbocycles. The second kappa shape index (κ2) is 12.3. The van der Waals surface area contributed by atoms with E-state index < -0.39 is 0 Å². The van der Waals surface area contributed by atoms with Crippen molar-refractivity contribution in [1.82, 2.24) is 19.8 Å². The van der Waals surface area contributed by atoms with Gasteiger partial charge in [0.25, 0.3) is 0 Å². The molecule has 3 aliphatic heterocycles. The lowest BCUT2D eigenvalue weighted by Gasteiger charge is -2.42. The molecule has 3 atom stereocenters.